The number of nitrogens with one attached hydrogen (secondary N) is 1. The van der Waals surface area contributed by atoms with Crippen LogP contribution in [0.4, 0.5) is 5.69 Å². The minimum atomic E-state index is 0.335. The molecule has 1 atom stereocenters. The van der Waals surface area contributed by atoms with Crippen LogP contribution in [-0.4, -0.2) is 35.4 Å². The highest BCUT2D eigenvalue weighted by Gasteiger charge is 2.35. The predicted octanol–water partition coefficient (Wildman–Crippen LogP) is 3.91. The van der Waals surface area contributed by atoms with E-state index in [9.17, 15) is 4.79 Å². The van der Waals surface area contributed by atoms with Gasteiger partial charge >= 0.3 is 0 Å². The second-order valence-electron chi connectivity index (χ2n) is 7.71. The second kappa shape index (κ2) is 6.66. The molecule has 1 amide bonds. The maximum absolute atomic E-state index is 12.3. The van der Waals surface area contributed by atoms with Crippen molar-refractivity contribution >= 4 is 22.5 Å². The maximum atomic E-state index is 12.3. The van der Waals surface area contributed by atoms with E-state index in [4.69, 9.17) is 0 Å². The smallest absolute Gasteiger partial charge is 0.225 e. The number of anilines is 1. The van der Waals surface area contributed by atoms with E-state index in [1.54, 1.807) is 0 Å². The van der Waals surface area contributed by atoms with Gasteiger partial charge in [0.2, 0.25) is 5.91 Å². The van der Waals surface area contributed by atoms with Gasteiger partial charge in [-0.2, -0.15) is 0 Å². The molecule has 1 aromatic heterocycles. The Balaban J connectivity index is 1.45. The molecule has 1 aromatic carbocycles. The summed E-state index contributed by atoms with van der Waals surface area (Å²) in [6, 6.07) is 6.39. The lowest BCUT2D eigenvalue weighted by Gasteiger charge is -2.33. The van der Waals surface area contributed by atoms with Gasteiger partial charge < -0.3 is 10.2 Å². The third-order valence-corrected chi connectivity index (χ3v) is 5.78. The van der Waals surface area contributed by atoms with Gasteiger partial charge in [0.1, 0.15) is 0 Å². The van der Waals surface area contributed by atoms with E-state index in [1.165, 1.54) is 22.9 Å². The zero-order chi connectivity index (χ0) is 17.4. The first kappa shape index (κ1) is 16.4. The number of pyridine rings is 1. The normalized spacial score (nSPS) is 20.7. The molecule has 1 N–H and O–H groups in total. The number of carbonyl (C=O) groups excluding carboxylic acids is 1. The molecule has 1 aliphatic carbocycles. The molecule has 0 bridgehead atoms. The summed E-state index contributed by atoms with van der Waals surface area (Å²) in [5, 5.41) is 4.82. The van der Waals surface area contributed by atoms with Crippen LogP contribution in [0.5, 0.6) is 0 Å². The molecule has 2 aliphatic rings. The van der Waals surface area contributed by atoms with E-state index < -0.39 is 0 Å². The van der Waals surface area contributed by atoms with Crippen LogP contribution in [0.3, 0.4) is 0 Å². The summed E-state index contributed by atoms with van der Waals surface area (Å²) in [6.07, 6.45) is 6.41. The number of carbonyl (C=O) groups is 1. The number of piperidine rings is 1. The van der Waals surface area contributed by atoms with Gasteiger partial charge in [-0.15, -0.1) is 0 Å². The average Bonchev–Trinajstić information content (AvgIpc) is 3.48. The first-order valence-corrected chi connectivity index (χ1v) is 9.51. The van der Waals surface area contributed by atoms with Crippen molar-refractivity contribution in [1.82, 2.24) is 9.88 Å². The van der Waals surface area contributed by atoms with Crippen LogP contribution in [0.2, 0.25) is 0 Å². The zero-order valence-corrected chi connectivity index (χ0v) is 15.2. The number of rotatable bonds is 4. The lowest BCUT2D eigenvalue weighted by atomic mass is 9.97. The molecule has 0 spiro atoms. The molecule has 0 radical (unpaired) electrons. The van der Waals surface area contributed by atoms with Crippen molar-refractivity contribution in [3.63, 3.8) is 0 Å². The maximum Gasteiger partial charge on any atom is 0.225 e. The lowest BCUT2D eigenvalue weighted by molar-refractivity contribution is -0.134. The average molecular weight is 337 g/mol. The van der Waals surface area contributed by atoms with Gasteiger partial charge in [0.25, 0.3) is 0 Å². The van der Waals surface area contributed by atoms with E-state index in [0.717, 1.165) is 50.1 Å². The summed E-state index contributed by atoms with van der Waals surface area (Å²) in [7, 11) is 0. The molecule has 2 heterocycles. The summed E-state index contributed by atoms with van der Waals surface area (Å²) in [6.45, 7) is 7.04. The molecule has 1 aliphatic heterocycles. The Kier molecular flexibility index (Phi) is 4.36. The predicted molar refractivity (Wildman–Crippen MR) is 102 cm³/mol. The van der Waals surface area contributed by atoms with E-state index in [1.807, 2.05) is 6.20 Å². The fourth-order valence-electron chi connectivity index (χ4n) is 3.89. The summed E-state index contributed by atoms with van der Waals surface area (Å²) in [5.41, 5.74) is 4.76. The number of aromatic nitrogens is 1. The summed E-state index contributed by atoms with van der Waals surface area (Å²) >= 11 is 0. The fourth-order valence-corrected chi connectivity index (χ4v) is 3.89. The molecule has 2 fully saturated rings. The van der Waals surface area contributed by atoms with Crippen LogP contribution in [0, 0.1) is 25.7 Å². The third kappa shape index (κ3) is 3.35. The van der Waals surface area contributed by atoms with Gasteiger partial charge in [0, 0.05) is 42.8 Å². The highest BCUT2D eigenvalue weighted by Crippen LogP contribution is 2.33. The van der Waals surface area contributed by atoms with Gasteiger partial charge in [-0.05, 0) is 62.6 Å². The van der Waals surface area contributed by atoms with E-state index >= 15 is 0 Å². The Hall–Kier alpha value is -2.10. The van der Waals surface area contributed by atoms with Crippen molar-refractivity contribution in [3.05, 3.63) is 35.5 Å². The number of aryl methyl sites for hydroxylation is 2. The number of hydrogen-bond acceptors (Lipinski definition) is 3. The quantitative estimate of drug-likeness (QED) is 0.920. The standard InChI is InChI=1S/C21H27N3O/c1-14-5-8-18-19(9-10-22-20(18)15(14)2)23-12-16-4-3-11-24(13-16)21(25)17-6-7-17/h5,8-10,16-17H,3-4,6-7,11-13H2,1-2H3,(H,22,23). The Labute approximate surface area is 149 Å². The number of fused-ring (bicyclic) bond motifs is 1. The van der Waals surface area contributed by atoms with Gasteiger partial charge in [-0.1, -0.05) is 12.1 Å². The monoisotopic (exact) mass is 337 g/mol. The molecule has 1 saturated heterocycles. The summed E-state index contributed by atoms with van der Waals surface area (Å²) < 4.78 is 0. The number of amides is 1. The van der Waals surface area contributed by atoms with Gasteiger partial charge in [0.05, 0.1) is 5.52 Å². The lowest BCUT2D eigenvalue weighted by Crippen LogP contribution is -2.42. The van der Waals surface area contributed by atoms with Crippen molar-refractivity contribution in [1.29, 1.82) is 0 Å². The summed E-state index contributed by atoms with van der Waals surface area (Å²) in [4.78, 5) is 19.0. The minimum Gasteiger partial charge on any atom is -0.384 e. The molecular formula is C21H27N3O. The van der Waals surface area contributed by atoms with Gasteiger partial charge in [-0.3, -0.25) is 9.78 Å². The first-order chi connectivity index (χ1) is 12.1. The van der Waals surface area contributed by atoms with Crippen LogP contribution in [0.1, 0.15) is 36.8 Å². The number of hydrogen-bond donors (Lipinski definition) is 1. The molecule has 25 heavy (non-hydrogen) atoms. The molecule has 4 nitrogen and oxygen atoms in total. The van der Waals surface area contributed by atoms with Crippen LogP contribution >= 0.6 is 0 Å². The van der Waals surface area contributed by atoms with E-state index in [-0.39, 0.29) is 0 Å². The van der Waals surface area contributed by atoms with Gasteiger partial charge in [0.15, 0.2) is 0 Å². The summed E-state index contributed by atoms with van der Waals surface area (Å²) in [5.74, 6) is 1.26. The first-order valence-electron chi connectivity index (χ1n) is 9.51. The topological polar surface area (TPSA) is 45.2 Å². The minimum absolute atomic E-state index is 0.335. The molecule has 2 aromatic rings. The van der Waals surface area contributed by atoms with Crippen molar-refractivity contribution in [3.8, 4) is 0 Å². The molecule has 1 saturated carbocycles. The molecular weight excluding hydrogens is 310 g/mol. The van der Waals surface area contributed by atoms with Gasteiger partial charge in [-0.25, -0.2) is 0 Å². The Morgan fingerprint density at radius 3 is 2.88 bits per heavy atom. The SMILES string of the molecule is Cc1ccc2c(NCC3CCCN(C(=O)C4CC4)C3)ccnc2c1C. The van der Waals surface area contributed by atoms with Crippen LogP contribution < -0.4 is 5.32 Å². The Morgan fingerprint density at radius 2 is 2.08 bits per heavy atom. The molecule has 4 heteroatoms. The highest BCUT2D eigenvalue weighted by atomic mass is 16.2. The van der Waals surface area contributed by atoms with Crippen molar-refractivity contribution < 1.29 is 4.79 Å². The number of likely N-dealkylation sites (tertiary alicyclic amines) is 1. The number of nitrogens with zero attached hydrogens (tertiary/aromatic N) is 2. The molecule has 1 unspecified atom stereocenters. The molecule has 4 rings (SSSR count). The Morgan fingerprint density at radius 1 is 1.24 bits per heavy atom. The Bertz CT molecular complexity index is 797. The van der Waals surface area contributed by atoms with Crippen LogP contribution in [-0.2, 0) is 4.79 Å². The largest absolute Gasteiger partial charge is 0.384 e. The zero-order valence-electron chi connectivity index (χ0n) is 15.2. The van der Waals surface area contributed by atoms with Crippen LogP contribution in [0.25, 0.3) is 10.9 Å². The van der Waals surface area contributed by atoms with Crippen LogP contribution in [0.15, 0.2) is 24.4 Å². The van der Waals surface area contributed by atoms with Crippen molar-refractivity contribution in [2.75, 3.05) is 25.0 Å². The third-order valence-electron chi connectivity index (χ3n) is 5.78. The second-order valence-corrected chi connectivity index (χ2v) is 7.71. The van der Waals surface area contributed by atoms with Crippen molar-refractivity contribution in [2.45, 2.75) is 39.5 Å². The van der Waals surface area contributed by atoms with Crippen molar-refractivity contribution in [2.24, 2.45) is 11.8 Å². The highest BCUT2D eigenvalue weighted by molar-refractivity contribution is 5.93. The van der Waals surface area contributed by atoms with E-state index in [0.29, 0.717) is 17.7 Å². The molecule has 132 valence electrons. The fraction of sp³-hybridized carbons (Fsp3) is 0.524. The number of benzene rings is 1. The van der Waals surface area contributed by atoms with E-state index in [2.05, 4.69) is 47.2 Å².